The van der Waals surface area contributed by atoms with Crippen molar-refractivity contribution < 1.29 is 9.47 Å². The van der Waals surface area contributed by atoms with Crippen molar-refractivity contribution in [1.29, 1.82) is 0 Å². The predicted molar refractivity (Wildman–Crippen MR) is 102 cm³/mol. The summed E-state index contributed by atoms with van der Waals surface area (Å²) in [6.07, 6.45) is 6.35. The maximum atomic E-state index is 6.24. The second-order valence-electron chi connectivity index (χ2n) is 8.37. The van der Waals surface area contributed by atoms with Crippen LogP contribution in [-0.2, 0) is 16.0 Å². The Kier molecular flexibility index (Phi) is 4.43. The van der Waals surface area contributed by atoms with E-state index in [1.54, 1.807) is 0 Å². The van der Waals surface area contributed by atoms with Crippen molar-refractivity contribution in [2.45, 2.75) is 50.4 Å². The molecule has 26 heavy (non-hydrogen) atoms. The van der Waals surface area contributed by atoms with Crippen LogP contribution in [0.1, 0.15) is 37.8 Å². The lowest BCUT2D eigenvalue weighted by Gasteiger charge is -2.38. The minimum Gasteiger partial charge on any atom is -0.375 e. The van der Waals surface area contributed by atoms with E-state index in [4.69, 9.17) is 14.5 Å². The summed E-state index contributed by atoms with van der Waals surface area (Å²) in [5.74, 6) is 0.836. The minimum atomic E-state index is 0.0710. The van der Waals surface area contributed by atoms with Crippen LogP contribution in [0, 0.1) is 5.92 Å². The fourth-order valence-electron chi connectivity index (χ4n) is 4.36. The number of fused-ring (bicyclic) bond motifs is 1. The molecule has 2 saturated heterocycles. The van der Waals surface area contributed by atoms with Gasteiger partial charge in [0.25, 0.3) is 0 Å². The van der Waals surface area contributed by atoms with Crippen molar-refractivity contribution in [2.24, 2.45) is 5.92 Å². The summed E-state index contributed by atoms with van der Waals surface area (Å²) in [6.45, 7) is 4.85. The molecule has 4 nitrogen and oxygen atoms in total. The summed E-state index contributed by atoms with van der Waals surface area (Å²) in [5.41, 5.74) is 2.33. The van der Waals surface area contributed by atoms with E-state index in [1.165, 1.54) is 18.2 Å². The zero-order valence-corrected chi connectivity index (χ0v) is 15.4. The lowest BCUT2D eigenvalue weighted by atomic mass is 9.88. The minimum absolute atomic E-state index is 0.0710. The van der Waals surface area contributed by atoms with E-state index in [-0.39, 0.29) is 5.60 Å². The number of benzene rings is 1. The number of hydrogen-bond donors (Lipinski definition) is 0. The summed E-state index contributed by atoms with van der Waals surface area (Å²) in [6, 6.07) is 12.7. The molecule has 138 valence electrons. The van der Waals surface area contributed by atoms with Crippen LogP contribution in [0.15, 0.2) is 36.4 Å². The van der Waals surface area contributed by atoms with Crippen LogP contribution in [0.25, 0.3) is 10.9 Å². The lowest BCUT2D eigenvalue weighted by Crippen LogP contribution is -2.44. The molecule has 0 bridgehead atoms. The lowest BCUT2D eigenvalue weighted by molar-refractivity contribution is -0.0468. The number of likely N-dealkylation sites (tertiary alicyclic amines) is 1. The summed E-state index contributed by atoms with van der Waals surface area (Å²) >= 11 is 0. The Balaban J connectivity index is 1.15. The topological polar surface area (TPSA) is 34.6 Å². The summed E-state index contributed by atoms with van der Waals surface area (Å²) in [5, 5.41) is 1.21. The maximum Gasteiger partial charge on any atom is 0.0836 e. The molecule has 1 aromatic heterocycles. The average Bonchev–Trinajstić information content (AvgIpc) is 3.43. The molecule has 0 amide bonds. The summed E-state index contributed by atoms with van der Waals surface area (Å²) < 4.78 is 12.3. The Morgan fingerprint density at radius 1 is 1.12 bits per heavy atom. The van der Waals surface area contributed by atoms with Gasteiger partial charge < -0.3 is 9.47 Å². The number of para-hydroxylation sites is 1. The highest BCUT2D eigenvalue weighted by atomic mass is 16.6. The van der Waals surface area contributed by atoms with E-state index in [1.807, 2.05) is 0 Å². The molecule has 2 aromatic rings. The van der Waals surface area contributed by atoms with E-state index < -0.39 is 0 Å². The maximum absolute atomic E-state index is 6.24. The van der Waals surface area contributed by atoms with Crippen molar-refractivity contribution in [1.82, 2.24) is 9.88 Å². The quantitative estimate of drug-likeness (QED) is 0.820. The van der Waals surface area contributed by atoms with Gasteiger partial charge in [-0.1, -0.05) is 24.3 Å². The highest BCUT2D eigenvalue weighted by Gasteiger charge is 2.43. The molecule has 1 aromatic carbocycles. The van der Waals surface area contributed by atoms with Crippen LogP contribution >= 0.6 is 0 Å². The molecule has 0 unspecified atom stereocenters. The van der Waals surface area contributed by atoms with Gasteiger partial charge in [0.1, 0.15) is 0 Å². The number of aromatic nitrogens is 1. The van der Waals surface area contributed by atoms with Crippen LogP contribution in [0.4, 0.5) is 0 Å². The molecular formula is C22H28N2O2. The second kappa shape index (κ2) is 6.91. The third kappa shape index (κ3) is 3.64. The molecule has 3 fully saturated rings. The third-order valence-corrected chi connectivity index (χ3v) is 6.25. The van der Waals surface area contributed by atoms with E-state index in [0.717, 1.165) is 69.2 Å². The number of pyridine rings is 1. The van der Waals surface area contributed by atoms with Crippen molar-refractivity contribution in [2.75, 3.05) is 26.3 Å². The Bertz CT molecular complexity index is 766. The van der Waals surface area contributed by atoms with Crippen LogP contribution in [0.5, 0.6) is 0 Å². The van der Waals surface area contributed by atoms with Gasteiger partial charge in [-0.15, -0.1) is 0 Å². The first-order valence-electron chi connectivity index (χ1n) is 10.1. The highest BCUT2D eigenvalue weighted by molar-refractivity contribution is 5.78. The summed E-state index contributed by atoms with van der Waals surface area (Å²) in [4.78, 5) is 7.34. The summed E-state index contributed by atoms with van der Waals surface area (Å²) in [7, 11) is 0. The van der Waals surface area contributed by atoms with E-state index in [0.29, 0.717) is 6.10 Å². The molecule has 1 spiro atoms. The Labute approximate surface area is 155 Å². The van der Waals surface area contributed by atoms with Crippen LogP contribution in [0.2, 0.25) is 0 Å². The molecule has 0 radical (unpaired) electrons. The Morgan fingerprint density at radius 2 is 1.96 bits per heavy atom. The van der Waals surface area contributed by atoms with Gasteiger partial charge >= 0.3 is 0 Å². The molecule has 0 N–H and O–H groups in total. The molecular weight excluding hydrogens is 324 g/mol. The predicted octanol–water partition coefficient (Wildman–Crippen LogP) is 3.78. The van der Waals surface area contributed by atoms with Crippen LogP contribution in [-0.4, -0.2) is 47.9 Å². The van der Waals surface area contributed by atoms with Gasteiger partial charge in [-0.05, 0) is 43.7 Å². The molecule has 1 saturated carbocycles. The Morgan fingerprint density at radius 3 is 2.81 bits per heavy atom. The first-order chi connectivity index (χ1) is 12.8. The normalized spacial score (nSPS) is 25.9. The van der Waals surface area contributed by atoms with Crippen molar-refractivity contribution in [3.05, 3.63) is 42.1 Å². The average molecular weight is 352 g/mol. The molecule has 4 heteroatoms. The standard InChI is InChI=1S/C22H28N2O2/c1-2-4-21-18(3-1)7-8-19(23-21)14-24-11-9-22(10-12-24)13-20(16-26-22)25-15-17-5-6-17/h1-4,7-8,17,20H,5-6,9-16H2/t20-/m1/s1. The monoisotopic (exact) mass is 352 g/mol. The van der Waals surface area contributed by atoms with Gasteiger partial charge in [-0.3, -0.25) is 9.88 Å². The van der Waals surface area contributed by atoms with E-state index in [2.05, 4.69) is 41.3 Å². The van der Waals surface area contributed by atoms with E-state index >= 15 is 0 Å². The zero-order valence-electron chi connectivity index (χ0n) is 15.4. The van der Waals surface area contributed by atoms with Gasteiger partial charge in [0.15, 0.2) is 0 Å². The molecule has 2 aliphatic heterocycles. The fraction of sp³-hybridized carbons (Fsp3) is 0.591. The molecule has 1 atom stereocenters. The largest absolute Gasteiger partial charge is 0.375 e. The zero-order chi connectivity index (χ0) is 17.4. The van der Waals surface area contributed by atoms with Gasteiger partial charge in [0.05, 0.1) is 29.5 Å². The van der Waals surface area contributed by atoms with Crippen LogP contribution in [0.3, 0.4) is 0 Å². The van der Waals surface area contributed by atoms with Gasteiger partial charge in [0.2, 0.25) is 0 Å². The smallest absolute Gasteiger partial charge is 0.0836 e. The number of piperidine rings is 1. The van der Waals surface area contributed by atoms with Gasteiger partial charge in [-0.25, -0.2) is 0 Å². The highest BCUT2D eigenvalue weighted by Crippen LogP contribution is 2.38. The molecule has 3 aliphatic rings. The number of hydrogen-bond acceptors (Lipinski definition) is 4. The number of nitrogens with zero attached hydrogens (tertiary/aromatic N) is 2. The van der Waals surface area contributed by atoms with E-state index in [9.17, 15) is 0 Å². The Hall–Kier alpha value is -1.49. The number of rotatable bonds is 5. The van der Waals surface area contributed by atoms with Crippen molar-refractivity contribution in [3.8, 4) is 0 Å². The van der Waals surface area contributed by atoms with Gasteiger partial charge in [0, 0.05) is 38.0 Å². The first kappa shape index (κ1) is 16.7. The molecule has 3 heterocycles. The fourth-order valence-corrected chi connectivity index (χ4v) is 4.36. The second-order valence-corrected chi connectivity index (χ2v) is 8.37. The van der Waals surface area contributed by atoms with Crippen molar-refractivity contribution >= 4 is 10.9 Å². The molecule has 5 rings (SSSR count). The first-order valence-corrected chi connectivity index (χ1v) is 10.1. The van der Waals surface area contributed by atoms with Crippen molar-refractivity contribution in [3.63, 3.8) is 0 Å². The molecule has 1 aliphatic carbocycles. The van der Waals surface area contributed by atoms with Gasteiger partial charge in [-0.2, -0.15) is 0 Å². The van der Waals surface area contributed by atoms with Crippen LogP contribution < -0.4 is 0 Å². The SMILES string of the molecule is c1ccc2nc(CN3CCC4(CC3)C[C@@H](OCC3CC3)CO4)ccc2c1. The third-order valence-electron chi connectivity index (χ3n) is 6.25. The number of ether oxygens (including phenoxy) is 2.